The van der Waals surface area contributed by atoms with Gasteiger partial charge in [-0.05, 0) is 59.3 Å². The molecule has 0 unspecified atom stereocenters. The first-order chi connectivity index (χ1) is 9.63. The molecule has 0 bridgehead atoms. The molecule has 20 heavy (non-hydrogen) atoms. The maximum atomic E-state index is 9.33. The van der Waals surface area contributed by atoms with Crippen molar-refractivity contribution in [1.82, 2.24) is 4.98 Å². The molecule has 3 rings (SSSR count). The highest BCUT2D eigenvalue weighted by atomic mass is 79.9. The molecule has 0 saturated carbocycles. The summed E-state index contributed by atoms with van der Waals surface area (Å²) in [5.74, 6) is 0.258. The molecule has 0 fully saturated rings. The Morgan fingerprint density at radius 2 is 1.85 bits per heavy atom. The van der Waals surface area contributed by atoms with Gasteiger partial charge in [0.1, 0.15) is 5.75 Å². The van der Waals surface area contributed by atoms with E-state index in [1.54, 1.807) is 12.1 Å². The molecule has 4 heteroatoms. The van der Waals surface area contributed by atoms with Crippen LogP contribution in [0.3, 0.4) is 0 Å². The number of anilines is 2. The van der Waals surface area contributed by atoms with Crippen molar-refractivity contribution in [3.05, 3.63) is 58.7 Å². The van der Waals surface area contributed by atoms with Crippen molar-refractivity contribution in [2.75, 3.05) is 5.32 Å². The van der Waals surface area contributed by atoms with E-state index >= 15 is 0 Å². The molecule has 0 saturated heterocycles. The van der Waals surface area contributed by atoms with E-state index in [2.05, 4.69) is 26.2 Å². The van der Waals surface area contributed by atoms with Crippen LogP contribution in [0.2, 0.25) is 0 Å². The van der Waals surface area contributed by atoms with Gasteiger partial charge in [0.05, 0.1) is 5.52 Å². The zero-order valence-corrected chi connectivity index (χ0v) is 12.5. The first-order valence-corrected chi connectivity index (χ1v) is 7.05. The molecule has 0 radical (unpaired) electrons. The third-order valence-electron chi connectivity index (χ3n) is 3.06. The first-order valence-electron chi connectivity index (χ1n) is 6.25. The van der Waals surface area contributed by atoms with E-state index in [4.69, 9.17) is 0 Å². The number of aromatic nitrogens is 1. The van der Waals surface area contributed by atoms with Crippen LogP contribution in [0, 0.1) is 6.92 Å². The summed E-state index contributed by atoms with van der Waals surface area (Å²) in [7, 11) is 0. The lowest BCUT2D eigenvalue weighted by atomic mass is 10.1. The number of aryl methyl sites for hydroxylation is 1. The molecule has 3 nitrogen and oxygen atoms in total. The quantitative estimate of drug-likeness (QED) is 0.667. The molecule has 1 aromatic heterocycles. The maximum Gasteiger partial charge on any atom is 0.115 e. The molecule has 100 valence electrons. The largest absolute Gasteiger partial charge is 0.508 e. The number of nitrogens with zero attached hydrogens (tertiary/aromatic N) is 1. The minimum atomic E-state index is 0.258. The summed E-state index contributed by atoms with van der Waals surface area (Å²) in [5, 5.41) is 13.8. The second kappa shape index (κ2) is 5.13. The number of pyridine rings is 1. The van der Waals surface area contributed by atoms with Crippen LogP contribution in [0.1, 0.15) is 5.69 Å². The number of benzene rings is 2. The number of para-hydroxylation sites is 1. The number of rotatable bonds is 2. The predicted octanol–water partition coefficient (Wildman–Crippen LogP) is 4.75. The van der Waals surface area contributed by atoms with Crippen molar-refractivity contribution in [2.24, 2.45) is 0 Å². The minimum Gasteiger partial charge on any atom is -0.508 e. The molecule has 0 aliphatic heterocycles. The summed E-state index contributed by atoms with van der Waals surface area (Å²) in [6, 6.07) is 15.0. The molecule has 0 atom stereocenters. The average Bonchev–Trinajstić information content (AvgIpc) is 2.42. The van der Waals surface area contributed by atoms with Crippen LogP contribution in [-0.4, -0.2) is 10.1 Å². The molecule has 0 aliphatic rings. The molecule has 2 aromatic carbocycles. The zero-order chi connectivity index (χ0) is 14.1. The number of phenols is 1. The van der Waals surface area contributed by atoms with Gasteiger partial charge < -0.3 is 10.4 Å². The normalized spacial score (nSPS) is 10.7. The summed E-state index contributed by atoms with van der Waals surface area (Å²) in [6.07, 6.45) is 0. The SMILES string of the molecule is Cc1cc(Nc2ccc(O)cc2)c2cccc(Br)c2n1. The van der Waals surface area contributed by atoms with Crippen molar-refractivity contribution in [1.29, 1.82) is 0 Å². The van der Waals surface area contributed by atoms with Crippen LogP contribution in [-0.2, 0) is 0 Å². The second-order valence-corrected chi connectivity index (χ2v) is 5.47. The monoisotopic (exact) mass is 328 g/mol. The zero-order valence-electron chi connectivity index (χ0n) is 10.9. The Kier molecular flexibility index (Phi) is 3.32. The maximum absolute atomic E-state index is 9.33. The van der Waals surface area contributed by atoms with Gasteiger partial charge in [0.25, 0.3) is 0 Å². The van der Waals surface area contributed by atoms with Crippen LogP contribution < -0.4 is 5.32 Å². The third-order valence-corrected chi connectivity index (χ3v) is 3.70. The smallest absolute Gasteiger partial charge is 0.115 e. The van der Waals surface area contributed by atoms with Crippen LogP contribution in [0.4, 0.5) is 11.4 Å². The summed E-state index contributed by atoms with van der Waals surface area (Å²) in [4.78, 5) is 4.56. The Morgan fingerprint density at radius 1 is 1.10 bits per heavy atom. The van der Waals surface area contributed by atoms with Crippen LogP contribution >= 0.6 is 15.9 Å². The van der Waals surface area contributed by atoms with Gasteiger partial charge in [0.2, 0.25) is 0 Å². The molecular formula is C16H13BrN2O. The van der Waals surface area contributed by atoms with E-state index in [9.17, 15) is 5.11 Å². The van der Waals surface area contributed by atoms with Gasteiger partial charge >= 0.3 is 0 Å². The molecule has 0 spiro atoms. The number of halogens is 1. The molecule has 1 heterocycles. The van der Waals surface area contributed by atoms with Gasteiger partial charge in [0, 0.05) is 26.9 Å². The van der Waals surface area contributed by atoms with Gasteiger partial charge in [-0.2, -0.15) is 0 Å². The lowest BCUT2D eigenvalue weighted by Crippen LogP contribution is -1.95. The minimum absolute atomic E-state index is 0.258. The van der Waals surface area contributed by atoms with Gasteiger partial charge in [-0.3, -0.25) is 4.98 Å². The third kappa shape index (κ3) is 2.47. The first kappa shape index (κ1) is 12.9. The number of fused-ring (bicyclic) bond motifs is 1. The highest BCUT2D eigenvalue weighted by molar-refractivity contribution is 9.10. The summed E-state index contributed by atoms with van der Waals surface area (Å²) in [6.45, 7) is 1.97. The fourth-order valence-electron chi connectivity index (χ4n) is 2.15. The molecular weight excluding hydrogens is 316 g/mol. The lowest BCUT2D eigenvalue weighted by Gasteiger charge is -2.11. The summed E-state index contributed by atoms with van der Waals surface area (Å²) in [5.41, 5.74) is 3.81. The van der Waals surface area contributed by atoms with E-state index < -0.39 is 0 Å². The topological polar surface area (TPSA) is 45.1 Å². The van der Waals surface area contributed by atoms with Crippen molar-refractivity contribution < 1.29 is 5.11 Å². The van der Waals surface area contributed by atoms with E-state index in [0.717, 1.165) is 32.4 Å². The highest BCUT2D eigenvalue weighted by Gasteiger charge is 2.07. The van der Waals surface area contributed by atoms with Gasteiger partial charge in [-0.25, -0.2) is 0 Å². The van der Waals surface area contributed by atoms with E-state index in [1.807, 2.05) is 43.3 Å². The standard InChI is InChI=1S/C16H13BrN2O/c1-10-9-15(19-11-5-7-12(20)8-6-11)13-3-2-4-14(17)16(13)18-10/h2-9,20H,1H3,(H,18,19). The van der Waals surface area contributed by atoms with Gasteiger partial charge in [0.15, 0.2) is 0 Å². The van der Waals surface area contributed by atoms with Crippen molar-refractivity contribution in [3.8, 4) is 5.75 Å². The summed E-state index contributed by atoms with van der Waals surface area (Å²) >= 11 is 3.54. The van der Waals surface area contributed by atoms with E-state index in [0.29, 0.717) is 0 Å². The number of aromatic hydroxyl groups is 1. The number of phenolic OH excluding ortho intramolecular Hbond substituents is 1. The Balaban J connectivity index is 2.11. The Hall–Kier alpha value is -2.07. The van der Waals surface area contributed by atoms with Crippen molar-refractivity contribution in [2.45, 2.75) is 6.92 Å². The Morgan fingerprint density at radius 3 is 2.60 bits per heavy atom. The molecule has 0 amide bonds. The number of nitrogens with one attached hydrogen (secondary N) is 1. The van der Waals surface area contributed by atoms with Crippen LogP contribution in [0.5, 0.6) is 5.75 Å². The lowest BCUT2D eigenvalue weighted by molar-refractivity contribution is 0.475. The fourth-order valence-corrected chi connectivity index (χ4v) is 2.60. The molecule has 0 aliphatic carbocycles. The Labute approximate surface area is 125 Å². The summed E-state index contributed by atoms with van der Waals surface area (Å²) < 4.78 is 0.979. The van der Waals surface area contributed by atoms with E-state index in [-0.39, 0.29) is 5.75 Å². The van der Waals surface area contributed by atoms with Crippen LogP contribution in [0.25, 0.3) is 10.9 Å². The second-order valence-electron chi connectivity index (χ2n) is 4.62. The molecule has 3 aromatic rings. The average molecular weight is 329 g/mol. The fraction of sp³-hybridized carbons (Fsp3) is 0.0625. The number of hydrogen-bond acceptors (Lipinski definition) is 3. The highest BCUT2D eigenvalue weighted by Crippen LogP contribution is 2.30. The van der Waals surface area contributed by atoms with Crippen molar-refractivity contribution >= 4 is 38.2 Å². The Bertz CT molecular complexity index is 769. The van der Waals surface area contributed by atoms with Crippen molar-refractivity contribution in [3.63, 3.8) is 0 Å². The predicted molar refractivity (Wildman–Crippen MR) is 85.6 cm³/mol. The van der Waals surface area contributed by atoms with Gasteiger partial charge in [-0.15, -0.1) is 0 Å². The van der Waals surface area contributed by atoms with Gasteiger partial charge in [-0.1, -0.05) is 12.1 Å². The molecule has 2 N–H and O–H groups in total. The number of hydrogen-bond donors (Lipinski definition) is 2. The van der Waals surface area contributed by atoms with E-state index in [1.165, 1.54) is 0 Å². The van der Waals surface area contributed by atoms with Crippen LogP contribution in [0.15, 0.2) is 53.0 Å².